The van der Waals surface area contributed by atoms with E-state index < -0.39 is 23.7 Å². The van der Waals surface area contributed by atoms with Gasteiger partial charge < -0.3 is 9.84 Å². The molecule has 1 aliphatic heterocycles. The molecule has 1 rings (SSSR count). The molecule has 5 nitrogen and oxygen atoms in total. The number of hydrogen-bond acceptors (Lipinski definition) is 3. The molecule has 1 N–H and O–H groups in total. The lowest BCUT2D eigenvalue weighted by Gasteiger charge is -2.29. The van der Waals surface area contributed by atoms with Gasteiger partial charge in [0.2, 0.25) is 0 Å². The van der Waals surface area contributed by atoms with Gasteiger partial charge in [0, 0.05) is 6.54 Å². The van der Waals surface area contributed by atoms with E-state index in [-0.39, 0.29) is 0 Å². The Balaban J connectivity index is 2.79. The van der Waals surface area contributed by atoms with Crippen molar-refractivity contribution < 1.29 is 19.4 Å². The number of carboxylic acid groups (broad SMARTS) is 1. The van der Waals surface area contributed by atoms with Crippen LogP contribution in [-0.4, -0.2) is 40.3 Å². The Hall–Kier alpha value is -1.52. The van der Waals surface area contributed by atoms with Crippen LogP contribution in [0.3, 0.4) is 0 Å². The summed E-state index contributed by atoms with van der Waals surface area (Å²) in [5.74, 6) is -0.480. The molecule has 0 saturated heterocycles. The van der Waals surface area contributed by atoms with Gasteiger partial charge in [-0.25, -0.2) is 9.59 Å². The van der Waals surface area contributed by atoms with Crippen molar-refractivity contribution in [1.82, 2.24) is 4.90 Å². The smallest absolute Gasteiger partial charge is 0.408 e. The van der Waals surface area contributed by atoms with E-state index in [4.69, 9.17) is 9.84 Å². The zero-order valence-corrected chi connectivity index (χ0v) is 10.5. The molecule has 0 aliphatic carbocycles. The first-order chi connectivity index (χ1) is 7.81. The Labute approximate surface area is 101 Å². The number of ether oxygens (including phenoxy) is 1. The van der Waals surface area contributed by atoms with Crippen molar-refractivity contribution in [3.05, 3.63) is 12.2 Å². The number of carbonyl (C=O) groups is 2. The molecule has 0 aromatic carbocycles. The number of nitrogens with zero attached hydrogens (tertiary/aromatic N) is 1. The molecular formula is C12H19NO4. The fraction of sp³-hybridized carbons (Fsp3) is 0.667. The van der Waals surface area contributed by atoms with Crippen LogP contribution in [0.5, 0.6) is 0 Å². The van der Waals surface area contributed by atoms with Crippen molar-refractivity contribution in [2.45, 2.75) is 45.3 Å². The Morgan fingerprint density at radius 2 is 2.00 bits per heavy atom. The third-order valence-corrected chi connectivity index (χ3v) is 2.36. The van der Waals surface area contributed by atoms with Gasteiger partial charge in [0.05, 0.1) is 0 Å². The van der Waals surface area contributed by atoms with Gasteiger partial charge in [-0.2, -0.15) is 0 Å². The number of amides is 1. The van der Waals surface area contributed by atoms with Gasteiger partial charge in [-0.1, -0.05) is 12.2 Å². The van der Waals surface area contributed by atoms with E-state index in [1.165, 1.54) is 0 Å². The minimum Gasteiger partial charge on any atom is -0.465 e. The normalized spacial score (nSPS) is 20.9. The quantitative estimate of drug-likeness (QED) is 0.563. The molecule has 96 valence electrons. The molecule has 0 bridgehead atoms. The fourth-order valence-corrected chi connectivity index (χ4v) is 1.66. The molecule has 1 aliphatic rings. The van der Waals surface area contributed by atoms with Gasteiger partial charge in [0.1, 0.15) is 11.6 Å². The second kappa shape index (κ2) is 5.21. The van der Waals surface area contributed by atoms with Crippen molar-refractivity contribution in [3.63, 3.8) is 0 Å². The minimum absolute atomic E-state index is 0.329. The highest BCUT2D eigenvalue weighted by Gasteiger charge is 2.32. The van der Waals surface area contributed by atoms with Crippen LogP contribution in [0.2, 0.25) is 0 Å². The topological polar surface area (TPSA) is 66.8 Å². The van der Waals surface area contributed by atoms with E-state index >= 15 is 0 Å². The van der Waals surface area contributed by atoms with Crippen molar-refractivity contribution in [1.29, 1.82) is 0 Å². The van der Waals surface area contributed by atoms with E-state index in [9.17, 15) is 9.59 Å². The summed E-state index contributed by atoms with van der Waals surface area (Å²) in [6, 6.07) is -0.731. The monoisotopic (exact) mass is 241 g/mol. The van der Waals surface area contributed by atoms with Gasteiger partial charge in [-0.05, 0) is 33.6 Å². The van der Waals surface area contributed by atoms with E-state index in [1.807, 2.05) is 12.2 Å². The lowest BCUT2D eigenvalue weighted by molar-refractivity contribution is -0.160. The molecule has 1 unspecified atom stereocenters. The summed E-state index contributed by atoms with van der Waals surface area (Å²) in [5.41, 5.74) is -0.600. The predicted molar refractivity (Wildman–Crippen MR) is 62.7 cm³/mol. The highest BCUT2D eigenvalue weighted by atomic mass is 16.6. The van der Waals surface area contributed by atoms with Gasteiger partial charge in [0.15, 0.2) is 0 Å². The Kier molecular flexibility index (Phi) is 4.15. The fourth-order valence-electron chi connectivity index (χ4n) is 1.66. The maximum Gasteiger partial charge on any atom is 0.408 e. The highest BCUT2D eigenvalue weighted by molar-refractivity contribution is 5.81. The van der Waals surface area contributed by atoms with E-state index in [1.54, 1.807) is 20.8 Å². The first kappa shape index (κ1) is 13.5. The average Bonchev–Trinajstić information content (AvgIpc) is 2.39. The van der Waals surface area contributed by atoms with Crippen LogP contribution in [-0.2, 0) is 9.53 Å². The molecule has 0 spiro atoms. The molecule has 0 fully saturated rings. The van der Waals surface area contributed by atoms with Crippen molar-refractivity contribution in [2.24, 2.45) is 0 Å². The number of carbonyl (C=O) groups excluding carboxylic acids is 1. The number of hydrogen-bond donors (Lipinski definition) is 1. The third-order valence-electron chi connectivity index (χ3n) is 2.36. The van der Waals surface area contributed by atoms with Crippen molar-refractivity contribution in [3.8, 4) is 0 Å². The molecule has 1 amide bonds. The summed E-state index contributed by atoms with van der Waals surface area (Å²) in [6.45, 7) is 5.63. The first-order valence-corrected chi connectivity index (χ1v) is 5.68. The largest absolute Gasteiger partial charge is 0.465 e. The Morgan fingerprint density at radius 3 is 2.53 bits per heavy atom. The summed E-state index contributed by atoms with van der Waals surface area (Å²) in [5, 5.41) is 9.07. The standard InChI is InChI=1S/C12H19NO4/c1-12(2,3)17-10(14)9-7-5-4-6-8-13(9)11(15)16/h4-5,9H,6-8H2,1-3H3,(H,15,16). The second-order valence-corrected chi connectivity index (χ2v) is 5.02. The molecule has 1 atom stereocenters. The summed E-state index contributed by atoms with van der Waals surface area (Å²) in [6.07, 6.45) is 3.65. The van der Waals surface area contributed by atoms with E-state index in [2.05, 4.69) is 0 Å². The minimum atomic E-state index is -1.08. The van der Waals surface area contributed by atoms with Crippen LogP contribution in [0.1, 0.15) is 33.6 Å². The van der Waals surface area contributed by atoms with Crippen LogP contribution in [0.25, 0.3) is 0 Å². The molecule has 0 radical (unpaired) electrons. The number of esters is 1. The van der Waals surface area contributed by atoms with Crippen LogP contribution < -0.4 is 0 Å². The van der Waals surface area contributed by atoms with Gasteiger partial charge in [-0.3, -0.25) is 4.90 Å². The molecule has 1 heterocycles. The molecule has 5 heteroatoms. The summed E-state index contributed by atoms with van der Waals surface area (Å²) in [7, 11) is 0. The molecular weight excluding hydrogens is 222 g/mol. The Morgan fingerprint density at radius 1 is 1.35 bits per heavy atom. The Bertz CT molecular complexity index is 330. The van der Waals surface area contributed by atoms with Gasteiger partial charge >= 0.3 is 12.1 Å². The zero-order chi connectivity index (χ0) is 13.1. The van der Waals surface area contributed by atoms with Crippen LogP contribution in [0.4, 0.5) is 4.79 Å². The maximum atomic E-state index is 11.9. The van der Waals surface area contributed by atoms with E-state index in [0.717, 1.165) is 4.90 Å². The SMILES string of the molecule is CC(C)(C)OC(=O)C1CC=CCCN1C(=O)O. The molecule has 17 heavy (non-hydrogen) atoms. The number of rotatable bonds is 1. The van der Waals surface area contributed by atoms with Gasteiger partial charge in [-0.15, -0.1) is 0 Å². The maximum absolute atomic E-state index is 11.9. The summed E-state index contributed by atoms with van der Waals surface area (Å²) >= 11 is 0. The first-order valence-electron chi connectivity index (χ1n) is 5.68. The second-order valence-electron chi connectivity index (χ2n) is 5.02. The zero-order valence-electron chi connectivity index (χ0n) is 10.5. The molecule has 0 saturated carbocycles. The van der Waals surface area contributed by atoms with E-state index in [0.29, 0.717) is 19.4 Å². The lowest BCUT2D eigenvalue weighted by atomic mass is 10.1. The van der Waals surface area contributed by atoms with Gasteiger partial charge in [0.25, 0.3) is 0 Å². The van der Waals surface area contributed by atoms with Crippen molar-refractivity contribution >= 4 is 12.1 Å². The van der Waals surface area contributed by atoms with Crippen LogP contribution in [0.15, 0.2) is 12.2 Å². The highest BCUT2D eigenvalue weighted by Crippen LogP contribution is 2.17. The predicted octanol–water partition coefficient (Wildman–Crippen LogP) is 2.03. The summed E-state index contributed by atoms with van der Waals surface area (Å²) < 4.78 is 5.24. The average molecular weight is 241 g/mol. The van der Waals surface area contributed by atoms with Crippen molar-refractivity contribution in [2.75, 3.05) is 6.54 Å². The van der Waals surface area contributed by atoms with Crippen LogP contribution in [0, 0.1) is 0 Å². The lowest BCUT2D eigenvalue weighted by Crippen LogP contribution is -2.46. The molecule has 0 aromatic heterocycles. The summed E-state index contributed by atoms with van der Waals surface area (Å²) in [4.78, 5) is 24.1. The third kappa shape index (κ3) is 4.09. The molecule has 0 aromatic rings. The van der Waals surface area contributed by atoms with Crippen LogP contribution >= 0.6 is 0 Å².